The van der Waals surface area contributed by atoms with Crippen LogP contribution in [0.2, 0.25) is 5.02 Å². The molecule has 1 aliphatic carbocycles. The minimum Gasteiger partial charge on any atom is -0.352 e. The summed E-state index contributed by atoms with van der Waals surface area (Å²) in [5.74, 6) is -0.758. The number of hydrogen-bond donors (Lipinski definition) is 1. The summed E-state index contributed by atoms with van der Waals surface area (Å²) in [4.78, 5) is 29.0. The van der Waals surface area contributed by atoms with Gasteiger partial charge in [-0.1, -0.05) is 83.2 Å². The number of hydrogen-bond acceptors (Lipinski definition) is 4. The molecule has 41 heavy (non-hydrogen) atoms. The van der Waals surface area contributed by atoms with Crippen LogP contribution in [0.4, 0.5) is 5.69 Å². The van der Waals surface area contributed by atoms with E-state index in [0.29, 0.717) is 16.3 Å². The Hall–Kier alpha value is -2.88. The van der Waals surface area contributed by atoms with Gasteiger partial charge in [-0.2, -0.15) is 0 Å². The molecular formula is C31H35BrClN3O4S. The topological polar surface area (TPSA) is 86.8 Å². The highest BCUT2D eigenvalue weighted by Crippen LogP contribution is 2.31. The zero-order valence-corrected chi connectivity index (χ0v) is 26.4. The largest absolute Gasteiger partial charge is 0.352 e. The zero-order chi connectivity index (χ0) is 29.6. The molecule has 0 bridgehead atoms. The molecule has 3 aromatic rings. The Balaban J connectivity index is 1.70. The first-order chi connectivity index (χ1) is 19.6. The van der Waals surface area contributed by atoms with Crippen molar-refractivity contribution >= 4 is 55.1 Å². The maximum Gasteiger partial charge on any atom is 0.264 e. The van der Waals surface area contributed by atoms with E-state index < -0.39 is 28.5 Å². The summed E-state index contributed by atoms with van der Waals surface area (Å²) in [7, 11) is -4.15. The molecule has 4 rings (SSSR count). The van der Waals surface area contributed by atoms with Crippen LogP contribution in [-0.4, -0.2) is 43.8 Å². The van der Waals surface area contributed by atoms with E-state index in [4.69, 9.17) is 11.6 Å². The molecule has 218 valence electrons. The zero-order valence-electron chi connectivity index (χ0n) is 23.2. The normalized spacial score (nSPS) is 14.7. The van der Waals surface area contributed by atoms with E-state index in [9.17, 15) is 18.0 Å². The van der Waals surface area contributed by atoms with Gasteiger partial charge in [0.2, 0.25) is 11.8 Å². The van der Waals surface area contributed by atoms with Crippen LogP contribution in [-0.2, 0) is 26.2 Å². The summed E-state index contributed by atoms with van der Waals surface area (Å²) in [6.45, 7) is 3.03. The molecule has 1 fully saturated rings. The van der Waals surface area contributed by atoms with Gasteiger partial charge >= 0.3 is 0 Å². The minimum atomic E-state index is -4.15. The van der Waals surface area contributed by atoms with Crippen LogP contribution in [0.3, 0.4) is 0 Å². The van der Waals surface area contributed by atoms with Gasteiger partial charge in [-0.3, -0.25) is 13.9 Å². The van der Waals surface area contributed by atoms with Crippen LogP contribution in [0, 0.1) is 6.92 Å². The Morgan fingerprint density at radius 3 is 2.37 bits per heavy atom. The molecule has 0 radical (unpaired) electrons. The number of carbonyl (C=O) groups excluding carboxylic acids is 2. The highest BCUT2D eigenvalue weighted by Gasteiger charge is 2.34. The fraction of sp³-hybridized carbons (Fsp3) is 0.355. The fourth-order valence-corrected chi connectivity index (χ4v) is 7.19. The molecule has 1 atom stereocenters. The van der Waals surface area contributed by atoms with E-state index in [-0.39, 0.29) is 23.4 Å². The van der Waals surface area contributed by atoms with Gasteiger partial charge in [0.25, 0.3) is 10.0 Å². The van der Waals surface area contributed by atoms with Crippen molar-refractivity contribution in [1.82, 2.24) is 10.2 Å². The second-order valence-corrected chi connectivity index (χ2v) is 13.6. The first-order valence-electron chi connectivity index (χ1n) is 13.7. The molecule has 3 aromatic carbocycles. The maximum atomic E-state index is 14.1. The van der Waals surface area contributed by atoms with Crippen LogP contribution < -0.4 is 9.62 Å². The Kier molecular flexibility index (Phi) is 10.5. The molecule has 1 N–H and O–H groups in total. The number of anilines is 1. The molecule has 1 saturated carbocycles. The predicted molar refractivity (Wildman–Crippen MR) is 166 cm³/mol. The van der Waals surface area contributed by atoms with E-state index in [2.05, 4.69) is 21.2 Å². The fourth-order valence-electron chi connectivity index (χ4n) is 5.08. The van der Waals surface area contributed by atoms with E-state index in [1.807, 2.05) is 24.3 Å². The molecule has 7 nitrogen and oxygen atoms in total. The Morgan fingerprint density at radius 2 is 1.68 bits per heavy atom. The highest BCUT2D eigenvalue weighted by molar-refractivity contribution is 9.10. The van der Waals surface area contributed by atoms with E-state index in [1.54, 1.807) is 50.2 Å². The van der Waals surface area contributed by atoms with Crippen LogP contribution in [0.5, 0.6) is 0 Å². The summed E-state index contributed by atoms with van der Waals surface area (Å²) >= 11 is 9.86. The number of sulfonamides is 1. The average molecular weight is 661 g/mol. The molecule has 10 heteroatoms. The number of nitrogens with zero attached hydrogens (tertiary/aromatic N) is 2. The van der Waals surface area contributed by atoms with Crippen LogP contribution in [0.15, 0.2) is 82.2 Å². The smallest absolute Gasteiger partial charge is 0.264 e. The molecular weight excluding hydrogens is 626 g/mol. The second-order valence-electron chi connectivity index (χ2n) is 10.4. The van der Waals surface area contributed by atoms with Crippen molar-refractivity contribution in [2.75, 3.05) is 10.8 Å². The molecule has 2 amide bonds. The number of nitrogens with one attached hydrogen (secondary N) is 1. The first-order valence-corrected chi connectivity index (χ1v) is 16.4. The third-order valence-electron chi connectivity index (χ3n) is 7.48. The Morgan fingerprint density at radius 1 is 1.00 bits per heavy atom. The van der Waals surface area contributed by atoms with Crippen LogP contribution >= 0.6 is 27.5 Å². The lowest BCUT2D eigenvalue weighted by Gasteiger charge is -2.33. The van der Waals surface area contributed by atoms with Crippen molar-refractivity contribution in [2.45, 2.75) is 69.5 Å². The quantitative estimate of drug-likeness (QED) is 0.270. The molecule has 0 spiro atoms. The van der Waals surface area contributed by atoms with Gasteiger partial charge in [0.05, 0.1) is 10.6 Å². The third kappa shape index (κ3) is 7.70. The van der Waals surface area contributed by atoms with Gasteiger partial charge in [0, 0.05) is 22.1 Å². The predicted octanol–water partition coefficient (Wildman–Crippen LogP) is 6.47. The van der Waals surface area contributed by atoms with E-state index in [0.717, 1.165) is 46.4 Å². The van der Waals surface area contributed by atoms with Gasteiger partial charge in [-0.25, -0.2) is 8.42 Å². The number of halogens is 2. The Labute approximate surface area is 256 Å². The van der Waals surface area contributed by atoms with Gasteiger partial charge in [-0.05, 0) is 74.2 Å². The van der Waals surface area contributed by atoms with Gasteiger partial charge in [-0.15, -0.1) is 0 Å². The van der Waals surface area contributed by atoms with Gasteiger partial charge in [0.15, 0.2) is 0 Å². The lowest BCUT2D eigenvalue weighted by atomic mass is 9.95. The summed E-state index contributed by atoms with van der Waals surface area (Å²) < 4.78 is 29.8. The highest BCUT2D eigenvalue weighted by atomic mass is 79.9. The van der Waals surface area contributed by atoms with Crippen LogP contribution in [0.1, 0.15) is 50.2 Å². The summed E-state index contributed by atoms with van der Waals surface area (Å²) in [6.07, 6.45) is 5.10. The van der Waals surface area contributed by atoms with Crippen molar-refractivity contribution < 1.29 is 18.0 Å². The maximum absolute atomic E-state index is 14.1. The number of amides is 2. The molecule has 0 aromatic heterocycles. The molecule has 0 heterocycles. The minimum absolute atomic E-state index is 0.0498. The van der Waals surface area contributed by atoms with Crippen molar-refractivity contribution in [2.24, 2.45) is 0 Å². The number of benzene rings is 3. The standard InChI is InChI=1S/C31H35BrClN3O4S/c1-22-28(33)17-10-18-29(22)36(41(39,40)27-15-7-4-8-16-27)21-30(37)35(20-24-11-9-12-25(32)19-24)23(2)31(38)34-26-13-5-3-6-14-26/h4,7-12,15-19,23,26H,3,5-6,13-14,20-21H2,1-2H3,(H,34,38)/t23-/m1/s1. The third-order valence-corrected chi connectivity index (χ3v) is 10.2. The van der Waals surface area contributed by atoms with E-state index in [1.165, 1.54) is 17.0 Å². The number of carbonyl (C=O) groups is 2. The van der Waals surface area contributed by atoms with Gasteiger partial charge < -0.3 is 10.2 Å². The van der Waals surface area contributed by atoms with E-state index >= 15 is 0 Å². The van der Waals surface area contributed by atoms with Gasteiger partial charge in [0.1, 0.15) is 12.6 Å². The molecule has 0 saturated heterocycles. The molecule has 0 unspecified atom stereocenters. The average Bonchev–Trinajstić information content (AvgIpc) is 2.97. The van der Waals surface area contributed by atoms with Crippen molar-refractivity contribution in [3.8, 4) is 0 Å². The monoisotopic (exact) mass is 659 g/mol. The Bertz CT molecular complexity index is 1480. The summed E-state index contributed by atoms with van der Waals surface area (Å²) in [5, 5.41) is 3.50. The lowest BCUT2D eigenvalue weighted by Crippen LogP contribution is -2.53. The molecule has 0 aliphatic heterocycles. The van der Waals surface area contributed by atoms with Crippen LogP contribution in [0.25, 0.3) is 0 Å². The van der Waals surface area contributed by atoms with Crippen molar-refractivity contribution in [1.29, 1.82) is 0 Å². The summed E-state index contributed by atoms with van der Waals surface area (Å²) in [5.41, 5.74) is 1.64. The summed E-state index contributed by atoms with van der Waals surface area (Å²) in [6, 6.07) is 19.7. The molecule has 1 aliphatic rings. The number of rotatable bonds is 10. The van der Waals surface area contributed by atoms with Crippen molar-refractivity contribution in [3.05, 3.63) is 93.4 Å². The second kappa shape index (κ2) is 13.9. The van der Waals surface area contributed by atoms with Crippen molar-refractivity contribution in [3.63, 3.8) is 0 Å². The SMILES string of the molecule is Cc1c(Cl)cccc1N(CC(=O)N(Cc1cccc(Br)c1)[C@H](C)C(=O)NC1CCCCC1)S(=O)(=O)c1ccccc1. The lowest BCUT2D eigenvalue weighted by molar-refractivity contribution is -0.139. The first kappa shape index (κ1) is 31.1.